The van der Waals surface area contributed by atoms with Crippen molar-refractivity contribution in [1.82, 2.24) is 0 Å². The summed E-state index contributed by atoms with van der Waals surface area (Å²) in [5.41, 5.74) is 2.42. The van der Waals surface area contributed by atoms with Crippen LogP contribution in [0.25, 0.3) is 0 Å². The smallest absolute Gasteiger partial charge is 0.137 e. The van der Waals surface area contributed by atoms with Crippen molar-refractivity contribution in [2.75, 3.05) is 0 Å². The summed E-state index contributed by atoms with van der Waals surface area (Å²) in [7, 11) is 0. The number of halogens is 1. The van der Waals surface area contributed by atoms with Crippen molar-refractivity contribution in [2.45, 2.75) is 26.4 Å². The summed E-state index contributed by atoms with van der Waals surface area (Å²) < 4.78 is 6.99. The maximum Gasteiger partial charge on any atom is 0.137 e. The van der Waals surface area contributed by atoms with E-state index in [9.17, 15) is 0 Å². The molecule has 2 rings (SSSR count). The molecule has 0 unspecified atom stereocenters. The maximum absolute atomic E-state index is 5.97. The molecule has 0 bridgehead atoms. The number of hydrogen-bond acceptors (Lipinski definition) is 1. The van der Waals surface area contributed by atoms with E-state index in [2.05, 4.69) is 54.0 Å². The van der Waals surface area contributed by atoms with Crippen LogP contribution in [0.1, 0.15) is 30.9 Å². The van der Waals surface area contributed by atoms with Crippen LogP contribution in [0, 0.1) is 0 Å². The van der Waals surface area contributed by atoms with Crippen molar-refractivity contribution >= 4 is 15.9 Å². The fraction of sp³-hybridized carbons (Fsp3) is 0.250. The van der Waals surface area contributed by atoms with Gasteiger partial charge in [0.25, 0.3) is 0 Å². The van der Waals surface area contributed by atoms with Gasteiger partial charge in [-0.15, -0.1) is 0 Å². The van der Waals surface area contributed by atoms with E-state index in [4.69, 9.17) is 4.74 Å². The molecule has 0 aliphatic rings. The van der Waals surface area contributed by atoms with Crippen LogP contribution in [0.15, 0.2) is 53.0 Å². The quantitative estimate of drug-likeness (QED) is 0.759. The summed E-state index contributed by atoms with van der Waals surface area (Å²) >= 11 is 3.56. The molecule has 18 heavy (non-hydrogen) atoms. The molecule has 2 aromatic rings. The molecule has 0 atom stereocenters. The lowest BCUT2D eigenvalue weighted by Gasteiger charge is -2.15. The van der Waals surface area contributed by atoms with Gasteiger partial charge in [0.2, 0.25) is 0 Å². The van der Waals surface area contributed by atoms with Crippen molar-refractivity contribution in [3.05, 3.63) is 64.1 Å². The van der Waals surface area contributed by atoms with Gasteiger partial charge in [0.05, 0.1) is 4.47 Å². The minimum Gasteiger partial charge on any atom is -0.487 e. The van der Waals surface area contributed by atoms with E-state index in [0.29, 0.717) is 12.5 Å². The highest BCUT2D eigenvalue weighted by Gasteiger charge is 2.11. The van der Waals surface area contributed by atoms with Gasteiger partial charge in [0.15, 0.2) is 0 Å². The Morgan fingerprint density at radius 2 is 1.72 bits per heavy atom. The molecule has 0 fully saturated rings. The molecule has 0 spiro atoms. The SMILES string of the molecule is CC(C)c1cccc(Br)c1OCc1ccccc1. The molecule has 0 aliphatic carbocycles. The molecule has 0 N–H and O–H groups in total. The fourth-order valence-corrected chi connectivity index (χ4v) is 2.36. The summed E-state index contributed by atoms with van der Waals surface area (Å²) in [5.74, 6) is 1.41. The summed E-state index contributed by atoms with van der Waals surface area (Å²) in [4.78, 5) is 0. The highest BCUT2D eigenvalue weighted by Crippen LogP contribution is 2.34. The molecule has 0 aromatic heterocycles. The summed E-state index contributed by atoms with van der Waals surface area (Å²) in [5, 5.41) is 0. The minimum absolute atomic E-state index is 0.452. The first-order valence-corrected chi connectivity index (χ1v) is 6.93. The molecule has 2 heteroatoms. The molecule has 0 radical (unpaired) electrons. The van der Waals surface area contributed by atoms with Crippen LogP contribution in [0.3, 0.4) is 0 Å². The van der Waals surface area contributed by atoms with E-state index in [1.165, 1.54) is 11.1 Å². The number of ether oxygens (including phenoxy) is 1. The van der Waals surface area contributed by atoms with E-state index in [0.717, 1.165) is 10.2 Å². The molecular formula is C16H17BrO. The number of para-hydroxylation sites is 1. The molecule has 0 amide bonds. The standard InChI is InChI=1S/C16H17BrO/c1-12(2)14-9-6-10-15(17)16(14)18-11-13-7-4-3-5-8-13/h3-10,12H,11H2,1-2H3. The Balaban J connectivity index is 2.19. The molecule has 1 nitrogen and oxygen atoms in total. The Bertz CT molecular complexity index is 506. The van der Waals surface area contributed by atoms with E-state index in [1.54, 1.807) is 0 Å². The predicted molar refractivity (Wildman–Crippen MR) is 79.0 cm³/mol. The van der Waals surface area contributed by atoms with E-state index in [-0.39, 0.29) is 0 Å². The number of benzene rings is 2. The lowest BCUT2D eigenvalue weighted by molar-refractivity contribution is 0.300. The largest absolute Gasteiger partial charge is 0.487 e. The molecule has 0 saturated carbocycles. The topological polar surface area (TPSA) is 9.23 Å². The van der Waals surface area contributed by atoms with Crippen LogP contribution < -0.4 is 4.74 Å². The van der Waals surface area contributed by atoms with Crippen LogP contribution in [0.2, 0.25) is 0 Å². The average molecular weight is 305 g/mol. The second-order valence-electron chi connectivity index (χ2n) is 4.59. The lowest BCUT2D eigenvalue weighted by atomic mass is 10.0. The van der Waals surface area contributed by atoms with Crippen LogP contribution in [0.4, 0.5) is 0 Å². The van der Waals surface area contributed by atoms with Crippen LogP contribution in [-0.4, -0.2) is 0 Å². The van der Waals surface area contributed by atoms with Gasteiger partial charge < -0.3 is 4.74 Å². The summed E-state index contributed by atoms with van der Waals surface area (Å²) in [6.45, 7) is 4.96. The van der Waals surface area contributed by atoms with Crippen molar-refractivity contribution in [2.24, 2.45) is 0 Å². The molecule has 0 heterocycles. The van der Waals surface area contributed by atoms with Gasteiger partial charge in [-0.25, -0.2) is 0 Å². The summed E-state index contributed by atoms with van der Waals surface area (Å²) in [6.07, 6.45) is 0. The van der Waals surface area contributed by atoms with Crippen molar-refractivity contribution < 1.29 is 4.74 Å². The van der Waals surface area contributed by atoms with E-state index in [1.807, 2.05) is 24.3 Å². The second kappa shape index (κ2) is 6.05. The van der Waals surface area contributed by atoms with Crippen molar-refractivity contribution in [1.29, 1.82) is 0 Å². The predicted octanol–water partition coefficient (Wildman–Crippen LogP) is 5.15. The zero-order chi connectivity index (χ0) is 13.0. The van der Waals surface area contributed by atoms with Gasteiger partial charge in [-0.05, 0) is 39.0 Å². The summed E-state index contributed by atoms with van der Waals surface area (Å²) in [6, 6.07) is 16.4. The molecule has 0 aliphatic heterocycles. The Morgan fingerprint density at radius 1 is 1.00 bits per heavy atom. The number of hydrogen-bond donors (Lipinski definition) is 0. The number of rotatable bonds is 4. The zero-order valence-corrected chi connectivity index (χ0v) is 12.3. The minimum atomic E-state index is 0.452. The van der Waals surface area contributed by atoms with Gasteiger partial charge in [-0.1, -0.05) is 56.3 Å². The normalized spacial score (nSPS) is 10.7. The van der Waals surface area contributed by atoms with Gasteiger partial charge >= 0.3 is 0 Å². The second-order valence-corrected chi connectivity index (χ2v) is 5.44. The third-order valence-corrected chi connectivity index (χ3v) is 3.47. The molecule has 94 valence electrons. The van der Waals surface area contributed by atoms with Gasteiger partial charge in [0.1, 0.15) is 12.4 Å². The third-order valence-electron chi connectivity index (χ3n) is 2.85. The molecule has 0 saturated heterocycles. The van der Waals surface area contributed by atoms with Gasteiger partial charge in [0, 0.05) is 0 Å². The highest BCUT2D eigenvalue weighted by atomic mass is 79.9. The van der Waals surface area contributed by atoms with Crippen molar-refractivity contribution in [3.63, 3.8) is 0 Å². The van der Waals surface area contributed by atoms with Gasteiger partial charge in [-0.2, -0.15) is 0 Å². The first-order chi connectivity index (χ1) is 8.68. The van der Waals surface area contributed by atoms with Gasteiger partial charge in [-0.3, -0.25) is 0 Å². The van der Waals surface area contributed by atoms with Crippen molar-refractivity contribution in [3.8, 4) is 5.75 Å². The van der Waals surface area contributed by atoms with E-state index >= 15 is 0 Å². The Labute approximate surface area is 117 Å². The monoisotopic (exact) mass is 304 g/mol. The first-order valence-electron chi connectivity index (χ1n) is 6.13. The first kappa shape index (κ1) is 13.2. The lowest BCUT2D eigenvalue weighted by Crippen LogP contribution is -2.00. The van der Waals surface area contributed by atoms with Crippen LogP contribution >= 0.6 is 15.9 Å². The molecular weight excluding hydrogens is 288 g/mol. The third kappa shape index (κ3) is 3.14. The Hall–Kier alpha value is -1.28. The molecule has 2 aromatic carbocycles. The van der Waals surface area contributed by atoms with Crippen LogP contribution in [-0.2, 0) is 6.61 Å². The highest BCUT2D eigenvalue weighted by molar-refractivity contribution is 9.10. The van der Waals surface area contributed by atoms with E-state index < -0.39 is 0 Å². The zero-order valence-electron chi connectivity index (χ0n) is 10.7. The maximum atomic E-state index is 5.97. The fourth-order valence-electron chi connectivity index (χ4n) is 1.86. The Morgan fingerprint density at radius 3 is 2.39 bits per heavy atom. The van der Waals surface area contributed by atoms with Crippen LogP contribution in [0.5, 0.6) is 5.75 Å². The average Bonchev–Trinajstić information content (AvgIpc) is 2.38. The Kier molecular flexibility index (Phi) is 4.43.